The minimum Gasteiger partial charge on any atom is -0.381 e. The molecule has 1 aromatic carbocycles. The van der Waals surface area contributed by atoms with Gasteiger partial charge in [-0.25, -0.2) is 0 Å². The first kappa shape index (κ1) is 12.5. The predicted molar refractivity (Wildman–Crippen MR) is 81.4 cm³/mol. The smallest absolute Gasteiger partial charge is 0.0722 e. The molecular formula is C17H22N2. The summed E-state index contributed by atoms with van der Waals surface area (Å²) in [6, 6.07) is 11.1. The highest BCUT2D eigenvalue weighted by Crippen LogP contribution is 2.28. The van der Waals surface area contributed by atoms with Gasteiger partial charge in [-0.15, -0.1) is 0 Å². The molecule has 0 bridgehead atoms. The zero-order chi connectivity index (χ0) is 13.1. The second kappa shape index (κ2) is 5.60. The van der Waals surface area contributed by atoms with Crippen LogP contribution in [0.2, 0.25) is 0 Å². The third-order valence-corrected chi connectivity index (χ3v) is 4.35. The van der Waals surface area contributed by atoms with Crippen molar-refractivity contribution in [3.05, 3.63) is 36.5 Å². The Balaban J connectivity index is 1.88. The number of pyridine rings is 1. The number of aromatic nitrogens is 1. The molecule has 1 aliphatic carbocycles. The predicted octanol–water partition coefficient (Wildman–Crippen LogP) is 4.62. The van der Waals surface area contributed by atoms with Crippen LogP contribution in [-0.4, -0.2) is 11.0 Å². The number of para-hydroxylation sites is 1. The second-order valence-corrected chi connectivity index (χ2v) is 5.74. The van der Waals surface area contributed by atoms with Crippen LogP contribution in [0, 0.1) is 5.92 Å². The van der Waals surface area contributed by atoms with Gasteiger partial charge in [-0.2, -0.15) is 0 Å². The van der Waals surface area contributed by atoms with Crippen molar-refractivity contribution in [3.63, 3.8) is 0 Å². The van der Waals surface area contributed by atoms with Gasteiger partial charge in [0.2, 0.25) is 0 Å². The van der Waals surface area contributed by atoms with Crippen LogP contribution in [0.5, 0.6) is 0 Å². The van der Waals surface area contributed by atoms with Gasteiger partial charge in [-0.3, -0.25) is 4.98 Å². The van der Waals surface area contributed by atoms with Crippen molar-refractivity contribution < 1.29 is 0 Å². The molecule has 0 saturated heterocycles. The maximum Gasteiger partial charge on any atom is 0.0722 e. The Hall–Kier alpha value is -1.57. The molecule has 2 aromatic rings. The summed E-state index contributed by atoms with van der Waals surface area (Å²) in [4.78, 5) is 4.43. The Morgan fingerprint density at radius 1 is 1.05 bits per heavy atom. The number of anilines is 1. The molecular weight excluding hydrogens is 232 g/mol. The lowest BCUT2D eigenvalue weighted by atomic mass is 9.96. The minimum atomic E-state index is 0.605. The molecule has 0 aliphatic heterocycles. The number of fused-ring (bicyclic) bond motifs is 1. The van der Waals surface area contributed by atoms with Gasteiger partial charge in [-0.1, -0.05) is 44.4 Å². The van der Waals surface area contributed by atoms with Gasteiger partial charge in [0.05, 0.1) is 5.52 Å². The lowest BCUT2D eigenvalue weighted by Crippen LogP contribution is -2.26. The van der Waals surface area contributed by atoms with Crippen LogP contribution in [0.15, 0.2) is 36.5 Å². The Bertz CT molecular complexity index is 544. The Morgan fingerprint density at radius 3 is 2.84 bits per heavy atom. The number of nitrogens with zero attached hydrogens (tertiary/aromatic N) is 1. The van der Waals surface area contributed by atoms with Crippen molar-refractivity contribution in [2.75, 3.05) is 5.32 Å². The third-order valence-electron chi connectivity index (χ3n) is 4.35. The first-order valence-corrected chi connectivity index (χ1v) is 7.45. The van der Waals surface area contributed by atoms with E-state index < -0.39 is 0 Å². The lowest BCUT2D eigenvalue weighted by molar-refractivity contribution is 0.457. The normalized spacial score (nSPS) is 24.1. The van der Waals surface area contributed by atoms with Crippen molar-refractivity contribution in [2.45, 2.75) is 45.1 Å². The maximum atomic E-state index is 4.43. The van der Waals surface area contributed by atoms with Crippen molar-refractivity contribution in [1.82, 2.24) is 4.98 Å². The fourth-order valence-electron chi connectivity index (χ4n) is 3.13. The molecule has 1 fully saturated rings. The third kappa shape index (κ3) is 2.73. The van der Waals surface area contributed by atoms with Gasteiger partial charge in [0.1, 0.15) is 0 Å². The average Bonchev–Trinajstić information content (AvgIpc) is 2.65. The van der Waals surface area contributed by atoms with Gasteiger partial charge in [0.15, 0.2) is 0 Å². The summed E-state index contributed by atoms with van der Waals surface area (Å²) in [6.45, 7) is 2.38. The summed E-state index contributed by atoms with van der Waals surface area (Å²) in [6.07, 6.45) is 8.67. The molecule has 1 N–H and O–H groups in total. The fourth-order valence-corrected chi connectivity index (χ4v) is 3.13. The number of rotatable bonds is 2. The molecule has 19 heavy (non-hydrogen) atoms. The van der Waals surface area contributed by atoms with E-state index in [0.29, 0.717) is 6.04 Å². The molecule has 1 heterocycles. The Kier molecular flexibility index (Phi) is 3.67. The SMILES string of the molecule is CC1CCCCCC1Nc1ccnc2ccccc12. The average molecular weight is 254 g/mol. The van der Waals surface area contributed by atoms with E-state index in [4.69, 9.17) is 0 Å². The number of hydrogen-bond donors (Lipinski definition) is 1. The number of hydrogen-bond acceptors (Lipinski definition) is 2. The van der Waals surface area contributed by atoms with Gasteiger partial charge < -0.3 is 5.32 Å². The molecule has 0 radical (unpaired) electrons. The zero-order valence-electron chi connectivity index (χ0n) is 11.6. The molecule has 0 amide bonds. The van der Waals surface area contributed by atoms with E-state index in [9.17, 15) is 0 Å². The molecule has 3 rings (SSSR count). The summed E-state index contributed by atoms with van der Waals surface area (Å²) in [5.41, 5.74) is 2.32. The van der Waals surface area contributed by atoms with Crippen LogP contribution in [0.3, 0.4) is 0 Å². The second-order valence-electron chi connectivity index (χ2n) is 5.74. The number of nitrogens with one attached hydrogen (secondary N) is 1. The minimum absolute atomic E-state index is 0.605. The summed E-state index contributed by atoms with van der Waals surface area (Å²) in [5.74, 6) is 0.759. The molecule has 2 unspecified atom stereocenters. The zero-order valence-corrected chi connectivity index (χ0v) is 11.6. The highest BCUT2D eigenvalue weighted by Gasteiger charge is 2.20. The molecule has 2 heteroatoms. The van der Waals surface area contributed by atoms with Crippen LogP contribution in [-0.2, 0) is 0 Å². The van der Waals surface area contributed by atoms with Crippen molar-refractivity contribution in [3.8, 4) is 0 Å². The van der Waals surface area contributed by atoms with Crippen molar-refractivity contribution in [1.29, 1.82) is 0 Å². The maximum absolute atomic E-state index is 4.43. The fraction of sp³-hybridized carbons (Fsp3) is 0.471. The standard InChI is InChI=1S/C17H22N2/c1-13-7-3-2-4-9-15(13)19-17-11-12-18-16-10-6-5-8-14(16)17/h5-6,8,10-13,15H,2-4,7,9H2,1H3,(H,18,19). The van der Waals surface area contributed by atoms with E-state index >= 15 is 0 Å². The summed E-state index contributed by atoms with van der Waals surface area (Å²) >= 11 is 0. The van der Waals surface area contributed by atoms with Crippen LogP contribution < -0.4 is 5.32 Å². The van der Waals surface area contributed by atoms with Crippen molar-refractivity contribution >= 4 is 16.6 Å². The molecule has 2 nitrogen and oxygen atoms in total. The highest BCUT2D eigenvalue weighted by atomic mass is 14.9. The van der Waals surface area contributed by atoms with E-state index in [0.717, 1.165) is 11.4 Å². The molecule has 1 aliphatic rings. The van der Waals surface area contributed by atoms with E-state index in [2.05, 4.69) is 41.5 Å². The van der Waals surface area contributed by atoms with Gasteiger partial charge in [0, 0.05) is 23.3 Å². The largest absolute Gasteiger partial charge is 0.381 e. The monoisotopic (exact) mass is 254 g/mol. The van der Waals surface area contributed by atoms with E-state index in [1.54, 1.807) is 0 Å². The highest BCUT2D eigenvalue weighted by molar-refractivity contribution is 5.90. The van der Waals surface area contributed by atoms with Crippen LogP contribution >= 0.6 is 0 Å². The van der Waals surface area contributed by atoms with E-state index in [1.807, 2.05) is 12.3 Å². The Morgan fingerprint density at radius 2 is 1.89 bits per heavy atom. The lowest BCUT2D eigenvalue weighted by Gasteiger charge is -2.24. The summed E-state index contributed by atoms with van der Waals surface area (Å²) < 4.78 is 0. The molecule has 2 atom stereocenters. The van der Waals surface area contributed by atoms with Crippen LogP contribution in [0.25, 0.3) is 10.9 Å². The molecule has 100 valence electrons. The summed E-state index contributed by atoms with van der Waals surface area (Å²) in [5, 5.41) is 5.01. The van der Waals surface area contributed by atoms with Gasteiger partial charge >= 0.3 is 0 Å². The molecule has 0 spiro atoms. The van der Waals surface area contributed by atoms with Crippen molar-refractivity contribution in [2.24, 2.45) is 5.92 Å². The van der Waals surface area contributed by atoms with Crippen LogP contribution in [0.4, 0.5) is 5.69 Å². The topological polar surface area (TPSA) is 24.9 Å². The van der Waals surface area contributed by atoms with E-state index in [1.165, 1.54) is 43.2 Å². The van der Waals surface area contributed by atoms with E-state index in [-0.39, 0.29) is 0 Å². The van der Waals surface area contributed by atoms with Gasteiger partial charge in [0.25, 0.3) is 0 Å². The number of benzene rings is 1. The molecule has 1 aromatic heterocycles. The molecule has 1 saturated carbocycles. The first-order valence-electron chi connectivity index (χ1n) is 7.45. The van der Waals surface area contributed by atoms with Crippen LogP contribution in [0.1, 0.15) is 39.0 Å². The summed E-state index contributed by atoms with van der Waals surface area (Å²) in [7, 11) is 0. The first-order chi connectivity index (χ1) is 9.34. The quantitative estimate of drug-likeness (QED) is 0.791. The Labute approximate surface area is 115 Å². The van der Waals surface area contributed by atoms with Gasteiger partial charge in [-0.05, 0) is 30.9 Å².